The van der Waals surface area contributed by atoms with Gasteiger partial charge in [-0.05, 0) is 44.0 Å². The molecule has 2 heterocycles. The Balaban J connectivity index is 1.51. The molecule has 0 aliphatic carbocycles. The standard InChI is InChI=1S/C18H25N3O3/c1-24-16-4-2-3-15(10-16)21-12-14(9-18(21)23)20-17(22)6-5-13-7-8-19-11-13/h2-4,10,13-14,19H,5-9,11-12H2,1H3,(H,20,22). The minimum absolute atomic E-state index is 0.0357. The predicted octanol–water partition coefficient (Wildman–Crippen LogP) is 1.31. The second kappa shape index (κ2) is 7.66. The van der Waals surface area contributed by atoms with Crippen LogP contribution in [0, 0.1) is 5.92 Å². The van der Waals surface area contributed by atoms with Crippen molar-refractivity contribution in [2.45, 2.75) is 31.7 Å². The lowest BCUT2D eigenvalue weighted by Gasteiger charge is -2.18. The predicted molar refractivity (Wildman–Crippen MR) is 92.1 cm³/mol. The van der Waals surface area contributed by atoms with Gasteiger partial charge >= 0.3 is 0 Å². The fraction of sp³-hybridized carbons (Fsp3) is 0.556. The number of nitrogens with one attached hydrogen (secondary N) is 2. The van der Waals surface area contributed by atoms with Gasteiger partial charge in [-0.3, -0.25) is 9.59 Å². The first-order chi connectivity index (χ1) is 11.7. The fourth-order valence-electron chi connectivity index (χ4n) is 3.43. The normalized spacial score (nSPS) is 23.5. The van der Waals surface area contributed by atoms with Crippen molar-refractivity contribution in [3.8, 4) is 5.75 Å². The molecule has 3 rings (SSSR count). The van der Waals surface area contributed by atoms with Crippen LogP contribution >= 0.6 is 0 Å². The molecule has 0 saturated carbocycles. The van der Waals surface area contributed by atoms with Gasteiger partial charge in [0.05, 0.1) is 13.2 Å². The Labute approximate surface area is 142 Å². The van der Waals surface area contributed by atoms with Gasteiger partial charge < -0.3 is 20.3 Å². The van der Waals surface area contributed by atoms with Gasteiger partial charge in [0.2, 0.25) is 11.8 Å². The summed E-state index contributed by atoms with van der Waals surface area (Å²) >= 11 is 0. The number of amides is 2. The number of methoxy groups -OCH3 is 1. The monoisotopic (exact) mass is 331 g/mol. The number of rotatable bonds is 6. The minimum Gasteiger partial charge on any atom is -0.497 e. The quantitative estimate of drug-likeness (QED) is 0.824. The van der Waals surface area contributed by atoms with Crippen LogP contribution < -0.4 is 20.3 Å². The third-order valence-corrected chi connectivity index (χ3v) is 4.80. The lowest BCUT2D eigenvalue weighted by Crippen LogP contribution is -2.37. The van der Waals surface area contributed by atoms with Crippen LogP contribution in [0.2, 0.25) is 0 Å². The van der Waals surface area contributed by atoms with Crippen molar-refractivity contribution in [1.29, 1.82) is 0 Å². The highest BCUT2D eigenvalue weighted by Crippen LogP contribution is 2.25. The number of carbonyl (C=O) groups excluding carboxylic acids is 2. The van der Waals surface area contributed by atoms with Gasteiger partial charge in [0, 0.05) is 31.1 Å². The molecule has 2 unspecified atom stereocenters. The van der Waals surface area contributed by atoms with Crippen LogP contribution in [-0.2, 0) is 9.59 Å². The van der Waals surface area contributed by atoms with E-state index in [1.807, 2.05) is 24.3 Å². The summed E-state index contributed by atoms with van der Waals surface area (Å²) in [6.45, 7) is 2.58. The van der Waals surface area contributed by atoms with Crippen LogP contribution in [0.3, 0.4) is 0 Å². The number of hydrogen-bond acceptors (Lipinski definition) is 4. The van der Waals surface area contributed by atoms with Gasteiger partial charge in [-0.15, -0.1) is 0 Å². The van der Waals surface area contributed by atoms with Gasteiger partial charge in [-0.25, -0.2) is 0 Å². The maximum atomic E-state index is 12.3. The van der Waals surface area contributed by atoms with Crippen molar-refractivity contribution < 1.29 is 14.3 Å². The second-order valence-electron chi connectivity index (χ2n) is 6.57. The van der Waals surface area contributed by atoms with Crippen LogP contribution in [0.1, 0.15) is 25.7 Å². The van der Waals surface area contributed by atoms with Crippen molar-refractivity contribution in [3.63, 3.8) is 0 Å². The van der Waals surface area contributed by atoms with E-state index in [2.05, 4.69) is 10.6 Å². The van der Waals surface area contributed by atoms with E-state index < -0.39 is 0 Å². The molecule has 2 aliphatic heterocycles. The first-order valence-electron chi connectivity index (χ1n) is 8.60. The first kappa shape index (κ1) is 16.8. The molecule has 0 radical (unpaired) electrons. The fourth-order valence-corrected chi connectivity index (χ4v) is 3.43. The van der Waals surface area contributed by atoms with Crippen LogP contribution in [0.5, 0.6) is 5.75 Å². The summed E-state index contributed by atoms with van der Waals surface area (Å²) in [7, 11) is 1.60. The number of ether oxygens (including phenoxy) is 1. The zero-order chi connectivity index (χ0) is 16.9. The molecule has 0 bridgehead atoms. The summed E-state index contributed by atoms with van der Waals surface area (Å²) in [5.41, 5.74) is 0.813. The molecule has 2 aliphatic rings. The van der Waals surface area contributed by atoms with E-state index in [-0.39, 0.29) is 17.9 Å². The van der Waals surface area contributed by atoms with Crippen LogP contribution in [-0.4, -0.2) is 44.6 Å². The summed E-state index contributed by atoms with van der Waals surface area (Å²) in [6.07, 6.45) is 2.96. The SMILES string of the molecule is COc1cccc(N2CC(NC(=O)CCC3CCNC3)CC2=O)c1. The minimum atomic E-state index is -0.113. The largest absolute Gasteiger partial charge is 0.497 e. The van der Waals surface area contributed by atoms with Gasteiger partial charge in [0.1, 0.15) is 5.75 Å². The average molecular weight is 331 g/mol. The Hall–Kier alpha value is -2.08. The molecule has 0 spiro atoms. The lowest BCUT2D eigenvalue weighted by atomic mass is 10.0. The highest BCUT2D eigenvalue weighted by molar-refractivity contribution is 5.97. The van der Waals surface area contributed by atoms with Crippen molar-refractivity contribution in [2.24, 2.45) is 5.92 Å². The van der Waals surface area contributed by atoms with E-state index in [4.69, 9.17) is 4.74 Å². The van der Waals surface area contributed by atoms with Crippen molar-refractivity contribution in [1.82, 2.24) is 10.6 Å². The molecular weight excluding hydrogens is 306 g/mol. The Kier molecular flexibility index (Phi) is 5.35. The van der Waals surface area contributed by atoms with E-state index >= 15 is 0 Å². The summed E-state index contributed by atoms with van der Waals surface area (Å²) in [6, 6.07) is 7.33. The highest BCUT2D eigenvalue weighted by atomic mass is 16.5. The molecule has 2 atom stereocenters. The van der Waals surface area contributed by atoms with E-state index in [1.54, 1.807) is 12.0 Å². The van der Waals surface area contributed by atoms with Gasteiger partial charge in [-0.2, -0.15) is 0 Å². The summed E-state index contributed by atoms with van der Waals surface area (Å²) in [4.78, 5) is 26.1. The van der Waals surface area contributed by atoms with E-state index in [9.17, 15) is 9.59 Å². The van der Waals surface area contributed by atoms with Gasteiger partial charge in [-0.1, -0.05) is 6.07 Å². The molecule has 2 fully saturated rings. The van der Waals surface area contributed by atoms with E-state index in [0.29, 0.717) is 25.3 Å². The Morgan fingerprint density at radius 3 is 3.08 bits per heavy atom. The third-order valence-electron chi connectivity index (χ3n) is 4.80. The number of nitrogens with zero attached hydrogens (tertiary/aromatic N) is 1. The van der Waals surface area contributed by atoms with Gasteiger partial charge in [0.15, 0.2) is 0 Å². The topological polar surface area (TPSA) is 70.7 Å². The Morgan fingerprint density at radius 1 is 1.46 bits per heavy atom. The molecule has 2 N–H and O–H groups in total. The van der Waals surface area contributed by atoms with Gasteiger partial charge in [0.25, 0.3) is 0 Å². The third kappa shape index (κ3) is 4.06. The molecule has 130 valence electrons. The number of hydrogen-bond donors (Lipinski definition) is 2. The van der Waals surface area contributed by atoms with E-state index in [0.717, 1.165) is 37.4 Å². The molecule has 2 amide bonds. The second-order valence-corrected chi connectivity index (χ2v) is 6.57. The molecule has 6 nitrogen and oxygen atoms in total. The molecular formula is C18H25N3O3. The number of carbonyl (C=O) groups is 2. The molecule has 24 heavy (non-hydrogen) atoms. The summed E-state index contributed by atoms with van der Waals surface area (Å²) in [5.74, 6) is 1.41. The lowest BCUT2D eigenvalue weighted by molar-refractivity contribution is -0.122. The van der Waals surface area contributed by atoms with Crippen LogP contribution in [0.25, 0.3) is 0 Å². The number of benzene rings is 1. The zero-order valence-electron chi connectivity index (χ0n) is 14.1. The molecule has 2 saturated heterocycles. The van der Waals surface area contributed by atoms with Crippen LogP contribution in [0.15, 0.2) is 24.3 Å². The average Bonchev–Trinajstić information content (AvgIpc) is 3.22. The zero-order valence-corrected chi connectivity index (χ0v) is 14.1. The molecule has 1 aromatic carbocycles. The van der Waals surface area contributed by atoms with E-state index in [1.165, 1.54) is 0 Å². The molecule has 0 aromatic heterocycles. The Bertz CT molecular complexity index is 599. The van der Waals surface area contributed by atoms with Crippen molar-refractivity contribution in [2.75, 3.05) is 31.6 Å². The smallest absolute Gasteiger partial charge is 0.229 e. The first-order valence-corrected chi connectivity index (χ1v) is 8.60. The number of anilines is 1. The van der Waals surface area contributed by atoms with Crippen molar-refractivity contribution in [3.05, 3.63) is 24.3 Å². The Morgan fingerprint density at radius 2 is 2.33 bits per heavy atom. The maximum Gasteiger partial charge on any atom is 0.229 e. The van der Waals surface area contributed by atoms with Crippen LogP contribution in [0.4, 0.5) is 5.69 Å². The maximum absolute atomic E-state index is 12.3. The molecule has 1 aromatic rings. The molecule has 6 heteroatoms. The highest BCUT2D eigenvalue weighted by Gasteiger charge is 2.31. The summed E-state index contributed by atoms with van der Waals surface area (Å²) in [5, 5.41) is 6.32. The summed E-state index contributed by atoms with van der Waals surface area (Å²) < 4.78 is 5.21. The van der Waals surface area contributed by atoms with Crippen molar-refractivity contribution >= 4 is 17.5 Å².